The molecule has 1 unspecified atom stereocenters. The smallest absolute Gasteiger partial charge is 0.129 e. The summed E-state index contributed by atoms with van der Waals surface area (Å²) in [6.07, 6.45) is 3.84. The molecular weight excluding hydrogens is 379 g/mol. The largest absolute Gasteiger partial charge is 0.507 e. The lowest BCUT2D eigenvalue weighted by atomic mass is 9.70. The molecule has 2 nitrogen and oxygen atoms in total. The third-order valence-electron chi connectivity index (χ3n) is 4.46. The van der Waals surface area contributed by atoms with Crippen molar-refractivity contribution in [1.29, 1.82) is 0 Å². The lowest BCUT2D eigenvalue weighted by Crippen LogP contribution is -2.27. The number of aryl methyl sites for hydroxylation is 1. The molecule has 1 rings (SSSR count). The Kier molecular flexibility index (Phi) is 8.43. The van der Waals surface area contributed by atoms with E-state index in [0.717, 1.165) is 34.2 Å². The molecule has 26 heavy (non-hydrogen) atoms. The van der Waals surface area contributed by atoms with Crippen LogP contribution in [0.5, 0.6) is 0 Å². The summed E-state index contributed by atoms with van der Waals surface area (Å²) < 4.78 is 11.9. The molecule has 1 aromatic rings. The highest BCUT2D eigenvalue weighted by atomic mass is 32.1. The predicted octanol–water partition coefficient (Wildman–Crippen LogP) is 6.57. The van der Waals surface area contributed by atoms with Crippen LogP contribution in [0, 0.1) is 17.8 Å². The number of rotatable bonds is 8. The number of thiol groups is 3. The fraction of sp³-hybridized carbons (Fsp3) is 0.600. The van der Waals surface area contributed by atoms with Crippen LogP contribution >= 0.6 is 37.9 Å². The fourth-order valence-corrected chi connectivity index (χ4v) is 3.54. The maximum atomic E-state index is 6.07. The topological polar surface area (TPSA) is 22.4 Å². The van der Waals surface area contributed by atoms with Gasteiger partial charge in [-0.3, -0.25) is 0 Å². The van der Waals surface area contributed by atoms with Crippen molar-refractivity contribution in [3.63, 3.8) is 0 Å². The van der Waals surface area contributed by atoms with Crippen molar-refractivity contribution in [2.45, 2.75) is 70.1 Å². The van der Waals surface area contributed by atoms with Crippen LogP contribution in [-0.4, -0.2) is 14.4 Å². The van der Waals surface area contributed by atoms with E-state index in [1.165, 1.54) is 0 Å². The molecule has 1 atom stereocenters. The van der Waals surface area contributed by atoms with Crippen LogP contribution in [0.3, 0.4) is 0 Å². The van der Waals surface area contributed by atoms with Gasteiger partial charge in [0.25, 0.3) is 0 Å². The average molecular weight is 410 g/mol. The van der Waals surface area contributed by atoms with Crippen LogP contribution in [0.1, 0.15) is 64.9 Å². The molecule has 0 bridgehead atoms. The fourth-order valence-electron chi connectivity index (χ4n) is 2.92. The van der Waals surface area contributed by atoms with Crippen LogP contribution in [0.2, 0.25) is 0 Å². The highest BCUT2D eigenvalue weighted by Crippen LogP contribution is 2.50. The summed E-state index contributed by atoms with van der Waals surface area (Å²) in [5.41, 5.74) is 0.0602. The van der Waals surface area contributed by atoms with Gasteiger partial charge in [-0.2, -0.15) is 0 Å². The molecule has 0 aliphatic rings. The van der Waals surface area contributed by atoms with Crippen molar-refractivity contribution in [3.8, 4) is 0 Å². The van der Waals surface area contributed by atoms with Crippen LogP contribution in [0.15, 0.2) is 37.5 Å². The molecule has 0 saturated carbocycles. The van der Waals surface area contributed by atoms with E-state index < -0.39 is 0 Å². The SMILES string of the molecule is [B]CO/C(=C\C(=C)S)C(c1oc(C)c(S)c1S)C(C)(C)CCC(C)(C)C. The quantitative estimate of drug-likeness (QED) is 0.195. The van der Waals surface area contributed by atoms with Crippen LogP contribution < -0.4 is 0 Å². The molecular formula is C20H31BO2S3. The number of hydrogen-bond acceptors (Lipinski definition) is 5. The molecule has 0 saturated heterocycles. The number of ether oxygens (including phenoxy) is 1. The molecule has 0 amide bonds. The second-order valence-electron chi connectivity index (χ2n) is 8.55. The van der Waals surface area contributed by atoms with Crippen molar-refractivity contribution in [3.05, 3.63) is 34.8 Å². The highest BCUT2D eigenvalue weighted by Gasteiger charge is 2.39. The van der Waals surface area contributed by atoms with Gasteiger partial charge >= 0.3 is 0 Å². The maximum Gasteiger partial charge on any atom is 0.129 e. The molecule has 1 aromatic heterocycles. The Morgan fingerprint density at radius 3 is 2.15 bits per heavy atom. The molecule has 1 heterocycles. The van der Waals surface area contributed by atoms with Crippen LogP contribution in [-0.2, 0) is 4.74 Å². The summed E-state index contributed by atoms with van der Waals surface area (Å²) >= 11 is 13.5. The Morgan fingerprint density at radius 1 is 1.19 bits per heavy atom. The lowest BCUT2D eigenvalue weighted by Gasteiger charge is -2.37. The van der Waals surface area contributed by atoms with Gasteiger partial charge in [-0.25, -0.2) is 0 Å². The van der Waals surface area contributed by atoms with E-state index in [1.807, 2.05) is 13.0 Å². The van der Waals surface area contributed by atoms with Crippen LogP contribution in [0.4, 0.5) is 0 Å². The summed E-state index contributed by atoms with van der Waals surface area (Å²) in [6, 6.07) is 0. The third-order valence-corrected chi connectivity index (χ3v) is 5.75. The molecule has 2 radical (unpaired) electrons. The van der Waals surface area contributed by atoms with Crippen molar-refractivity contribution in [1.82, 2.24) is 0 Å². The van der Waals surface area contributed by atoms with Gasteiger partial charge in [0.15, 0.2) is 0 Å². The maximum absolute atomic E-state index is 6.07. The molecule has 0 spiro atoms. The predicted molar refractivity (Wildman–Crippen MR) is 121 cm³/mol. The molecule has 0 aromatic carbocycles. The summed E-state index contributed by atoms with van der Waals surface area (Å²) in [5, 5.41) is 0. The van der Waals surface area contributed by atoms with Crippen molar-refractivity contribution < 1.29 is 9.15 Å². The van der Waals surface area contributed by atoms with E-state index in [4.69, 9.17) is 17.0 Å². The van der Waals surface area contributed by atoms with Crippen molar-refractivity contribution in [2.24, 2.45) is 10.8 Å². The number of furan rings is 1. The Labute approximate surface area is 176 Å². The van der Waals surface area contributed by atoms with Gasteiger partial charge in [-0.05, 0) is 36.7 Å². The van der Waals surface area contributed by atoms with Crippen molar-refractivity contribution >= 4 is 45.7 Å². The second-order valence-corrected chi connectivity index (χ2v) is 10.0. The standard InChI is InChI=1S/C20H31BO2S3/c1-12(24)10-14(22-11-21)15(16-18(26)17(25)13(2)23-16)20(6,7)9-8-19(3,4)5/h10,15,24-26H,1,8-9,11H2,2-7H3/b14-10-. The first-order valence-corrected chi connectivity index (χ1v) is 10.1. The molecule has 0 fully saturated rings. The zero-order chi connectivity index (χ0) is 20.3. The first-order chi connectivity index (χ1) is 11.8. The van der Waals surface area contributed by atoms with Gasteiger partial charge < -0.3 is 9.15 Å². The highest BCUT2D eigenvalue weighted by molar-refractivity contribution is 7.84. The number of hydrogen-bond donors (Lipinski definition) is 3. The van der Waals surface area contributed by atoms with Gasteiger partial charge in [0.1, 0.15) is 25.1 Å². The summed E-state index contributed by atoms with van der Waals surface area (Å²) in [7, 11) is 5.70. The minimum absolute atomic E-state index is 0.0636. The summed E-state index contributed by atoms with van der Waals surface area (Å²) in [5.74, 6) is 1.99. The molecule has 6 heteroatoms. The van der Waals surface area contributed by atoms with Gasteiger partial charge in [0.2, 0.25) is 0 Å². The van der Waals surface area contributed by atoms with E-state index in [9.17, 15) is 0 Å². The monoisotopic (exact) mass is 410 g/mol. The first-order valence-electron chi connectivity index (χ1n) is 8.73. The van der Waals surface area contributed by atoms with Crippen LogP contribution in [0.25, 0.3) is 0 Å². The van der Waals surface area contributed by atoms with E-state index in [-0.39, 0.29) is 23.3 Å². The first kappa shape index (κ1) is 23.7. The van der Waals surface area contributed by atoms with E-state index in [1.54, 1.807) is 0 Å². The molecule has 0 aliphatic carbocycles. The molecule has 0 N–H and O–H groups in total. The van der Waals surface area contributed by atoms with E-state index >= 15 is 0 Å². The summed E-state index contributed by atoms with van der Waals surface area (Å²) in [4.78, 5) is 2.08. The Balaban J connectivity index is 3.50. The number of allylic oxidation sites excluding steroid dienone is 2. The van der Waals surface area contributed by atoms with E-state index in [2.05, 4.69) is 79.1 Å². The second kappa shape index (κ2) is 9.25. The Bertz CT molecular complexity index is 669. The van der Waals surface area contributed by atoms with Gasteiger partial charge in [0, 0.05) is 11.4 Å². The lowest BCUT2D eigenvalue weighted by molar-refractivity contribution is 0.146. The minimum Gasteiger partial charge on any atom is -0.507 e. The molecule has 144 valence electrons. The van der Waals surface area contributed by atoms with Gasteiger partial charge in [0.05, 0.1) is 15.7 Å². The minimum atomic E-state index is -0.176. The van der Waals surface area contributed by atoms with Gasteiger partial charge in [-0.1, -0.05) is 41.2 Å². The van der Waals surface area contributed by atoms with Crippen molar-refractivity contribution in [2.75, 3.05) is 6.51 Å². The van der Waals surface area contributed by atoms with Gasteiger partial charge in [-0.15, -0.1) is 37.9 Å². The Morgan fingerprint density at radius 2 is 1.77 bits per heavy atom. The normalized spacial score (nSPS) is 14.4. The van der Waals surface area contributed by atoms with E-state index in [0.29, 0.717) is 10.7 Å². The summed E-state index contributed by atoms with van der Waals surface area (Å²) in [6.45, 7) is 17.0. The third kappa shape index (κ3) is 6.38. The Hall–Kier alpha value is -0.325. The molecule has 0 aliphatic heterocycles. The average Bonchev–Trinajstić information content (AvgIpc) is 2.72. The zero-order valence-electron chi connectivity index (χ0n) is 16.7. The zero-order valence-corrected chi connectivity index (χ0v) is 19.4.